The van der Waals surface area contributed by atoms with Crippen LogP contribution in [0.4, 0.5) is 0 Å². The van der Waals surface area contributed by atoms with Gasteiger partial charge in [-0.3, -0.25) is 4.79 Å². The summed E-state index contributed by atoms with van der Waals surface area (Å²) >= 11 is 0. The van der Waals surface area contributed by atoms with Crippen LogP contribution < -0.4 is 20.5 Å². The first kappa shape index (κ1) is 17.6. The van der Waals surface area contributed by atoms with Crippen molar-refractivity contribution in [3.8, 4) is 11.5 Å². The minimum absolute atomic E-state index is 0. The first-order valence-electron chi connectivity index (χ1n) is 6.99. The van der Waals surface area contributed by atoms with E-state index in [4.69, 9.17) is 15.2 Å². The third kappa shape index (κ3) is 4.79. The molecule has 0 fully saturated rings. The van der Waals surface area contributed by atoms with E-state index < -0.39 is 6.10 Å². The molecular formula is C15H23ClN2O3. The van der Waals surface area contributed by atoms with Gasteiger partial charge in [0.1, 0.15) is 6.61 Å². The van der Waals surface area contributed by atoms with Gasteiger partial charge in [0.15, 0.2) is 11.5 Å². The highest BCUT2D eigenvalue weighted by atomic mass is 35.5. The van der Waals surface area contributed by atoms with Crippen LogP contribution in [0.5, 0.6) is 11.5 Å². The molecule has 0 aliphatic carbocycles. The highest BCUT2D eigenvalue weighted by Gasteiger charge is 2.28. The molecule has 1 aliphatic rings. The molecular weight excluding hydrogens is 292 g/mol. The van der Waals surface area contributed by atoms with Crippen molar-refractivity contribution in [2.75, 3.05) is 13.2 Å². The Balaban J connectivity index is 0.00000220. The lowest BCUT2D eigenvalue weighted by atomic mass is 10.0. The Kier molecular flexibility index (Phi) is 6.78. The van der Waals surface area contributed by atoms with Crippen LogP contribution in [0.25, 0.3) is 0 Å². The van der Waals surface area contributed by atoms with E-state index in [1.54, 1.807) is 6.07 Å². The predicted molar refractivity (Wildman–Crippen MR) is 84.0 cm³/mol. The maximum Gasteiger partial charge on any atom is 0.264 e. The minimum atomic E-state index is -0.619. The summed E-state index contributed by atoms with van der Waals surface area (Å²) in [4.78, 5) is 12.2. The molecule has 1 heterocycles. The molecule has 2 atom stereocenters. The standard InChI is InChI=1S/C15H22N2O3.ClH/c1-10(2)7-11(8-16)17-15(18)14-9-19-12-5-3-4-6-13(12)20-14;/h3-6,10-11,14H,7-9,16H2,1-2H3,(H,17,18);1H. The number of carbonyl (C=O) groups is 1. The zero-order chi connectivity index (χ0) is 14.5. The first-order valence-corrected chi connectivity index (χ1v) is 6.99. The summed E-state index contributed by atoms with van der Waals surface area (Å²) in [5.74, 6) is 1.59. The van der Waals surface area contributed by atoms with E-state index >= 15 is 0 Å². The summed E-state index contributed by atoms with van der Waals surface area (Å²) in [6.45, 7) is 4.85. The van der Waals surface area contributed by atoms with Gasteiger partial charge in [0, 0.05) is 12.6 Å². The fourth-order valence-corrected chi connectivity index (χ4v) is 2.23. The molecule has 0 radical (unpaired) electrons. The minimum Gasteiger partial charge on any atom is -0.485 e. The third-order valence-corrected chi connectivity index (χ3v) is 3.19. The molecule has 118 valence electrons. The molecule has 1 amide bonds. The fraction of sp³-hybridized carbons (Fsp3) is 0.533. The molecule has 0 saturated carbocycles. The maximum atomic E-state index is 12.2. The summed E-state index contributed by atoms with van der Waals surface area (Å²) in [5, 5.41) is 2.93. The van der Waals surface area contributed by atoms with E-state index in [-0.39, 0.29) is 31.0 Å². The number of rotatable bonds is 5. The Labute approximate surface area is 131 Å². The number of hydrogen-bond donors (Lipinski definition) is 2. The molecule has 1 aliphatic heterocycles. The van der Waals surface area contributed by atoms with Gasteiger partial charge in [0.25, 0.3) is 5.91 Å². The van der Waals surface area contributed by atoms with Gasteiger partial charge in [0.05, 0.1) is 0 Å². The van der Waals surface area contributed by atoms with Gasteiger partial charge in [-0.2, -0.15) is 0 Å². The molecule has 21 heavy (non-hydrogen) atoms. The second-order valence-electron chi connectivity index (χ2n) is 5.43. The Morgan fingerprint density at radius 1 is 1.38 bits per heavy atom. The van der Waals surface area contributed by atoms with E-state index in [2.05, 4.69) is 19.2 Å². The van der Waals surface area contributed by atoms with Crippen LogP contribution in [-0.4, -0.2) is 31.2 Å². The van der Waals surface area contributed by atoms with Crippen LogP contribution in [0.1, 0.15) is 20.3 Å². The number of nitrogens with two attached hydrogens (primary N) is 1. The number of amides is 1. The van der Waals surface area contributed by atoms with E-state index in [1.807, 2.05) is 18.2 Å². The number of hydrogen-bond acceptors (Lipinski definition) is 4. The van der Waals surface area contributed by atoms with E-state index in [0.717, 1.165) is 6.42 Å². The van der Waals surface area contributed by atoms with Crippen LogP contribution in [0.3, 0.4) is 0 Å². The molecule has 3 N–H and O–H groups in total. The smallest absolute Gasteiger partial charge is 0.264 e. The van der Waals surface area contributed by atoms with Gasteiger partial charge in [-0.1, -0.05) is 26.0 Å². The molecule has 6 heteroatoms. The SMILES string of the molecule is CC(C)CC(CN)NC(=O)C1COc2ccccc2O1.Cl. The highest BCUT2D eigenvalue weighted by Crippen LogP contribution is 2.30. The number of carbonyl (C=O) groups excluding carboxylic acids is 1. The van der Waals surface area contributed by atoms with E-state index in [0.29, 0.717) is 24.0 Å². The van der Waals surface area contributed by atoms with Crippen molar-refractivity contribution in [2.45, 2.75) is 32.4 Å². The summed E-state index contributed by atoms with van der Waals surface area (Å²) in [6.07, 6.45) is 0.234. The van der Waals surface area contributed by atoms with Gasteiger partial charge >= 0.3 is 0 Å². The van der Waals surface area contributed by atoms with Crippen molar-refractivity contribution in [2.24, 2.45) is 11.7 Å². The summed E-state index contributed by atoms with van der Waals surface area (Å²) in [6, 6.07) is 7.32. The zero-order valence-corrected chi connectivity index (χ0v) is 13.2. The predicted octanol–water partition coefficient (Wildman–Crippen LogP) is 1.74. The Morgan fingerprint density at radius 2 is 2.05 bits per heavy atom. The number of fused-ring (bicyclic) bond motifs is 1. The number of benzene rings is 1. The van der Waals surface area contributed by atoms with Gasteiger partial charge in [0.2, 0.25) is 6.10 Å². The second kappa shape index (κ2) is 8.10. The molecule has 0 bridgehead atoms. The Hall–Kier alpha value is -1.46. The Morgan fingerprint density at radius 3 is 2.67 bits per heavy atom. The largest absolute Gasteiger partial charge is 0.485 e. The average molecular weight is 315 g/mol. The van der Waals surface area contributed by atoms with Gasteiger partial charge in [-0.25, -0.2) is 0 Å². The monoisotopic (exact) mass is 314 g/mol. The molecule has 1 aromatic carbocycles. The maximum absolute atomic E-state index is 12.2. The quantitative estimate of drug-likeness (QED) is 0.868. The molecule has 0 saturated heterocycles. The molecule has 1 aromatic rings. The van der Waals surface area contributed by atoms with Gasteiger partial charge < -0.3 is 20.5 Å². The molecule has 2 rings (SSSR count). The molecule has 5 nitrogen and oxygen atoms in total. The number of para-hydroxylation sites is 2. The number of ether oxygens (including phenoxy) is 2. The normalized spacial score (nSPS) is 17.8. The van der Waals surface area contributed by atoms with Crippen LogP contribution in [0, 0.1) is 5.92 Å². The molecule has 2 unspecified atom stereocenters. The average Bonchev–Trinajstić information content (AvgIpc) is 2.45. The second-order valence-corrected chi connectivity index (χ2v) is 5.43. The van der Waals surface area contributed by atoms with Crippen LogP contribution >= 0.6 is 12.4 Å². The lowest BCUT2D eigenvalue weighted by molar-refractivity contribution is -0.131. The van der Waals surface area contributed by atoms with Crippen molar-refractivity contribution in [3.63, 3.8) is 0 Å². The zero-order valence-electron chi connectivity index (χ0n) is 12.4. The van der Waals surface area contributed by atoms with Crippen molar-refractivity contribution < 1.29 is 14.3 Å². The van der Waals surface area contributed by atoms with Crippen molar-refractivity contribution in [3.05, 3.63) is 24.3 Å². The van der Waals surface area contributed by atoms with Crippen molar-refractivity contribution in [1.82, 2.24) is 5.32 Å². The third-order valence-electron chi connectivity index (χ3n) is 3.19. The lowest BCUT2D eigenvalue weighted by Gasteiger charge is -2.27. The van der Waals surface area contributed by atoms with E-state index in [1.165, 1.54) is 0 Å². The van der Waals surface area contributed by atoms with E-state index in [9.17, 15) is 4.79 Å². The molecule has 0 aromatic heterocycles. The first-order chi connectivity index (χ1) is 9.60. The summed E-state index contributed by atoms with van der Waals surface area (Å²) in [5.41, 5.74) is 5.69. The fourth-order valence-electron chi connectivity index (χ4n) is 2.23. The topological polar surface area (TPSA) is 73.6 Å². The summed E-state index contributed by atoms with van der Waals surface area (Å²) < 4.78 is 11.2. The number of halogens is 1. The van der Waals surface area contributed by atoms with Gasteiger partial charge in [-0.15, -0.1) is 12.4 Å². The van der Waals surface area contributed by atoms with Crippen LogP contribution in [0.2, 0.25) is 0 Å². The van der Waals surface area contributed by atoms with Gasteiger partial charge in [-0.05, 0) is 24.5 Å². The number of nitrogens with one attached hydrogen (secondary N) is 1. The summed E-state index contributed by atoms with van der Waals surface area (Å²) in [7, 11) is 0. The highest BCUT2D eigenvalue weighted by molar-refractivity contribution is 5.85. The lowest BCUT2D eigenvalue weighted by Crippen LogP contribution is -2.50. The van der Waals surface area contributed by atoms with Crippen molar-refractivity contribution in [1.29, 1.82) is 0 Å². The van der Waals surface area contributed by atoms with Crippen LogP contribution in [0.15, 0.2) is 24.3 Å². The molecule has 0 spiro atoms. The van der Waals surface area contributed by atoms with Crippen molar-refractivity contribution >= 4 is 18.3 Å². The van der Waals surface area contributed by atoms with Crippen LogP contribution in [-0.2, 0) is 4.79 Å². The Bertz CT molecular complexity index is 468.